The number of hydrogen-bond acceptors (Lipinski definition) is 7. The number of allylic oxidation sites excluding steroid dienone is 1. The Hall–Kier alpha value is -4.70. The Morgan fingerprint density at radius 3 is 2.28 bits per heavy atom. The number of benzene rings is 3. The second kappa shape index (κ2) is 11.0. The fraction of sp³-hybridized carbons (Fsp3) is 0.138. The number of carbonyl (C=O) groups is 3. The van der Waals surface area contributed by atoms with Crippen LogP contribution in [0, 0.1) is 6.92 Å². The summed E-state index contributed by atoms with van der Waals surface area (Å²) in [6.45, 7) is 3.75. The molecule has 4 aromatic rings. The van der Waals surface area contributed by atoms with Gasteiger partial charge in [-0.15, -0.1) is 5.10 Å². The number of nitrogens with one attached hydrogen (secondary N) is 2. The Bertz CT molecular complexity index is 1580. The maximum atomic E-state index is 13.5. The summed E-state index contributed by atoms with van der Waals surface area (Å²) in [5.41, 5.74) is 4.12. The van der Waals surface area contributed by atoms with Gasteiger partial charge < -0.3 is 15.7 Å². The number of carboxylic acids is 1. The lowest BCUT2D eigenvalue weighted by atomic mass is 9.94. The Labute approximate surface area is 229 Å². The lowest BCUT2D eigenvalue weighted by Crippen LogP contribution is -2.31. The van der Waals surface area contributed by atoms with Crippen molar-refractivity contribution in [2.45, 2.75) is 25.0 Å². The number of ketones is 1. The van der Waals surface area contributed by atoms with Gasteiger partial charge in [0.1, 0.15) is 6.04 Å². The Balaban J connectivity index is 1.46. The predicted octanol–water partition coefficient (Wildman–Crippen LogP) is 5.19. The largest absolute Gasteiger partial charge is 0.478 e. The maximum absolute atomic E-state index is 13.5. The fourth-order valence-corrected chi connectivity index (χ4v) is 5.00. The number of para-hydroxylation sites is 1. The average Bonchev–Trinajstić information content (AvgIpc) is 3.34. The van der Waals surface area contributed by atoms with Crippen LogP contribution in [0.25, 0.3) is 0 Å². The Morgan fingerprint density at radius 2 is 1.62 bits per heavy atom. The highest BCUT2D eigenvalue weighted by Crippen LogP contribution is 2.37. The van der Waals surface area contributed by atoms with E-state index < -0.39 is 12.0 Å². The highest BCUT2D eigenvalue weighted by Gasteiger charge is 2.34. The van der Waals surface area contributed by atoms with Crippen molar-refractivity contribution in [3.05, 3.63) is 112 Å². The van der Waals surface area contributed by atoms with Crippen molar-refractivity contribution in [1.29, 1.82) is 0 Å². The summed E-state index contributed by atoms with van der Waals surface area (Å²) in [5, 5.41) is 20.5. The van der Waals surface area contributed by atoms with Crippen molar-refractivity contribution in [3.63, 3.8) is 0 Å². The van der Waals surface area contributed by atoms with Gasteiger partial charge >= 0.3 is 5.97 Å². The van der Waals surface area contributed by atoms with E-state index in [2.05, 4.69) is 20.7 Å². The lowest BCUT2D eigenvalue weighted by Gasteiger charge is -2.28. The molecule has 0 spiro atoms. The Kier molecular flexibility index (Phi) is 7.29. The molecule has 1 aliphatic rings. The zero-order valence-corrected chi connectivity index (χ0v) is 22.0. The molecule has 0 saturated heterocycles. The van der Waals surface area contributed by atoms with E-state index >= 15 is 0 Å². The number of aromatic carboxylic acids is 1. The standard InChI is InChI=1S/C29H25N5O4S/c1-17-8-10-19(11-9-17)23(35)16-39-29-32-28-30-18(2)24(26(36)31-22-6-4-3-5-7-22)25(34(28)33-29)20-12-14-21(15-13-20)27(37)38/h3-15,25H,16H2,1-2H3,(H,31,36)(H,37,38)(H,30,32,33)/t25-/m1/s1. The van der Waals surface area contributed by atoms with Crippen molar-refractivity contribution < 1.29 is 19.5 Å². The third kappa shape index (κ3) is 5.60. The van der Waals surface area contributed by atoms with E-state index in [0.29, 0.717) is 39.2 Å². The molecular weight excluding hydrogens is 514 g/mol. The molecule has 196 valence electrons. The zero-order valence-electron chi connectivity index (χ0n) is 21.2. The van der Waals surface area contributed by atoms with Crippen LogP contribution in [-0.4, -0.2) is 43.3 Å². The van der Waals surface area contributed by atoms with Gasteiger partial charge in [0.25, 0.3) is 5.91 Å². The average molecular weight is 540 g/mol. The number of rotatable bonds is 8. The number of hydrogen-bond donors (Lipinski definition) is 3. The highest BCUT2D eigenvalue weighted by molar-refractivity contribution is 7.99. The van der Waals surface area contributed by atoms with E-state index in [-0.39, 0.29) is 23.0 Å². The van der Waals surface area contributed by atoms with Crippen molar-refractivity contribution in [2.75, 3.05) is 16.4 Å². The van der Waals surface area contributed by atoms with Crippen LogP contribution in [-0.2, 0) is 4.79 Å². The SMILES string of the molecule is CC1=C(C(=O)Nc2ccccc2)[C@@H](c2ccc(C(=O)O)cc2)n2nc(SCC(=O)c3ccc(C)cc3)nc2N1. The van der Waals surface area contributed by atoms with Crippen LogP contribution in [0.1, 0.15) is 44.8 Å². The summed E-state index contributed by atoms with van der Waals surface area (Å²) in [5.74, 6) is -0.847. The third-order valence-corrected chi connectivity index (χ3v) is 7.13. The monoisotopic (exact) mass is 539 g/mol. The van der Waals surface area contributed by atoms with Gasteiger partial charge in [0.2, 0.25) is 11.1 Å². The van der Waals surface area contributed by atoms with Crippen LogP contribution >= 0.6 is 11.8 Å². The van der Waals surface area contributed by atoms with E-state index in [9.17, 15) is 19.5 Å². The second-order valence-electron chi connectivity index (χ2n) is 9.05. The first-order valence-electron chi connectivity index (χ1n) is 12.2. The van der Waals surface area contributed by atoms with E-state index in [1.807, 2.05) is 37.3 Å². The summed E-state index contributed by atoms with van der Waals surface area (Å²) in [6.07, 6.45) is 0. The molecule has 3 N–H and O–H groups in total. The number of fused-ring (bicyclic) bond motifs is 1. The Morgan fingerprint density at radius 1 is 0.949 bits per heavy atom. The normalized spacial score (nSPS) is 14.4. The molecule has 0 fully saturated rings. The van der Waals surface area contributed by atoms with Gasteiger partial charge in [-0.05, 0) is 43.7 Å². The molecule has 1 aliphatic heterocycles. The fourth-order valence-electron chi connectivity index (χ4n) is 4.28. The van der Waals surface area contributed by atoms with Crippen molar-refractivity contribution >= 4 is 41.1 Å². The van der Waals surface area contributed by atoms with E-state index in [4.69, 9.17) is 0 Å². The summed E-state index contributed by atoms with van der Waals surface area (Å²) in [7, 11) is 0. The molecule has 1 aromatic heterocycles. The molecule has 39 heavy (non-hydrogen) atoms. The van der Waals surface area contributed by atoms with Gasteiger partial charge in [0.05, 0.1) is 16.9 Å². The second-order valence-corrected chi connectivity index (χ2v) is 10.00. The van der Waals surface area contributed by atoms with E-state index in [1.54, 1.807) is 48.0 Å². The van der Waals surface area contributed by atoms with Crippen LogP contribution in [0.15, 0.2) is 95.3 Å². The minimum atomic E-state index is -1.04. The van der Waals surface area contributed by atoms with E-state index in [0.717, 1.165) is 5.56 Å². The minimum Gasteiger partial charge on any atom is -0.478 e. The number of thioether (sulfide) groups is 1. The summed E-state index contributed by atoms with van der Waals surface area (Å²) in [4.78, 5) is 42.2. The number of aryl methyl sites for hydroxylation is 1. The molecule has 0 aliphatic carbocycles. The number of carboxylic acid groups (broad SMARTS) is 1. The quantitative estimate of drug-likeness (QED) is 0.206. The van der Waals surface area contributed by atoms with Gasteiger partial charge in [0, 0.05) is 16.9 Å². The number of anilines is 2. The minimum absolute atomic E-state index is 0.0428. The van der Waals surface area contributed by atoms with Crippen LogP contribution < -0.4 is 10.6 Å². The summed E-state index contributed by atoms with van der Waals surface area (Å²) in [6, 6.07) is 22.1. The molecule has 0 saturated carbocycles. The molecule has 0 bridgehead atoms. The topological polar surface area (TPSA) is 126 Å². The van der Waals surface area contributed by atoms with Gasteiger partial charge in [-0.3, -0.25) is 9.59 Å². The summed E-state index contributed by atoms with van der Waals surface area (Å²) >= 11 is 1.21. The number of amides is 1. The number of Topliss-reactive ketones (excluding diaryl/α,β-unsaturated/α-hetero) is 1. The maximum Gasteiger partial charge on any atom is 0.335 e. The van der Waals surface area contributed by atoms with Gasteiger partial charge in [-0.1, -0.05) is 71.9 Å². The van der Waals surface area contributed by atoms with Crippen molar-refractivity contribution in [2.24, 2.45) is 0 Å². The molecule has 1 atom stereocenters. The molecule has 3 aromatic carbocycles. The van der Waals surface area contributed by atoms with Crippen LogP contribution in [0.5, 0.6) is 0 Å². The molecule has 2 heterocycles. The molecule has 1 amide bonds. The molecule has 9 nitrogen and oxygen atoms in total. The van der Waals surface area contributed by atoms with Crippen LogP contribution in [0.3, 0.4) is 0 Å². The lowest BCUT2D eigenvalue weighted by molar-refractivity contribution is -0.113. The zero-order chi connectivity index (χ0) is 27.5. The van der Waals surface area contributed by atoms with Gasteiger partial charge in [-0.25, -0.2) is 9.48 Å². The summed E-state index contributed by atoms with van der Waals surface area (Å²) < 4.78 is 1.60. The van der Waals surface area contributed by atoms with E-state index in [1.165, 1.54) is 23.9 Å². The smallest absolute Gasteiger partial charge is 0.335 e. The predicted molar refractivity (Wildman–Crippen MR) is 149 cm³/mol. The van der Waals surface area contributed by atoms with Crippen molar-refractivity contribution in [1.82, 2.24) is 14.8 Å². The molecule has 5 rings (SSSR count). The third-order valence-electron chi connectivity index (χ3n) is 6.29. The van der Waals surface area contributed by atoms with Gasteiger partial charge in [-0.2, -0.15) is 4.98 Å². The van der Waals surface area contributed by atoms with Gasteiger partial charge in [0.15, 0.2) is 5.78 Å². The first-order valence-corrected chi connectivity index (χ1v) is 13.2. The molecule has 0 radical (unpaired) electrons. The number of nitrogens with zero attached hydrogens (tertiary/aromatic N) is 3. The van der Waals surface area contributed by atoms with Crippen molar-refractivity contribution in [3.8, 4) is 0 Å². The molecular formula is C29H25N5O4S. The first kappa shape index (κ1) is 25.9. The molecule has 10 heteroatoms. The first-order chi connectivity index (χ1) is 18.8. The van der Waals surface area contributed by atoms with Crippen LogP contribution in [0.4, 0.5) is 11.6 Å². The number of aromatic nitrogens is 3. The molecule has 0 unspecified atom stereocenters. The number of carbonyl (C=O) groups excluding carboxylic acids is 2. The van der Waals surface area contributed by atoms with Crippen LogP contribution in [0.2, 0.25) is 0 Å². The highest BCUT2D eigenvalue weighted by atomic mass is 32.2.